The van der Waals surface area contributed by atoms with Crippen molar-refractivity contribution in [2.24, 2.45) is 5.92 Å². The van der Waals surface area contributed by atoms with Crippen molar-refractivity contribution < 1.29 is 14.3 Å². The molecule has 0 bridgehead atoms. The van der Waals surface area contributed by atoms with E-state index in [0.29, 0.717) is 21.5 Å². The van der Waals surface area contributed by atoms with Gasteiger partial charge < -0.3 is 10.1 Å². The number of hydrogen-bond donors (Lipinski definition) is 1. The van der Waals surface area contributed by atoms with E-state index in [1.54, 1.807) is 18.2 Å². The second kappa shape index (κ2) is 7.14. The van der Waals surface area contributed by atoms with Crippen LogP contribution in [0.15, 0.2) is 18.2 Å². The number of ether oxygens (including phenoxy) is 1. The summed E-state index contributed by atoms with van der Waals surface area (Å²) in [5, 5.41) is 3.64. The molecule has 21 heavy (non-hydrogen) atoms. The van der Waals surface area contributed by atoms with Gasteiger partial charge in [0.05, 0.1) is 16.5 Å². The van der Waals surface area contributed by atoms with Gasteiger partial charge in [0.25, 0.3) is 5.91 Å². The molecule has 1 fully saturated rings. The Morgan fingerprint density at radius 1 is 1.33 bits per heavy atom. The summed E-state index contributed by atoms with van der Waals surface area (Å²) in [6.45, 7) is 1.71. The van der Waals surface area contributed by atoms with Crippen LogP contribution in [-0.4, -0.2) is 24.5 Å². The van der Waals surface area contributed by atoms with Gasteiger partial charge in [-0.05, 0) is 43.4 Å². The molecule has 6 heteroatoms. The lowest BCUT2D eigenvalue weighted by molar-refractivity contribution is -0.148. The Morgan fingerprint density at radius 2 is 2.05 bits per heavy atom. The van der Waals surface area contributed by atoms with E-state index in [-0.39, 0.29) is 25.0 Å². The number of carbonyl (C=O) groups is 2. The average Bonchev–Trinajstić information content (AvgIpc) is 3.25. The zero-order valence-electron chi connectivity index (χ0n) is 11.7. The van der Waals surface area contributed by atoms with Gasteiger partial charge in [-0.1, -0.05) is 29.3 Å². The topological polar surface area (TPSA) is 55.4 Å². The fourth-order valence-corrected chi connectivity index (χ4v) is 2.34. The number of esters is 1. The summed E-state index contributed by atoms with van der Waals surface area (Å²) in [6, 6.07) is 5.08. The van der Waals surface area contributed by atoms with Gasteiger partial charge in [-0.15, -0.1) is 0 Å². The fourth-order valence-electron chi connectivity index (χ4n) is 2.02. The number of hydrogen-bond acceptors (Lipinski definition) is 3. The predicted octanol–water partition coefficient (Wildman–Crippen LogP) is 2.99. The summed E-state index contributed by atoms with van der Waals surface area (Å²) in [6.07, 6.45) is 2.36. The van der Waals surface area contributed by atoms with Crippen LogP contribution < -0.4 is 5.32 Å². The SMILES string of the molecule is C[C@H](NC(=O)COC(=O)Cc1ccc(Cl)c(Cl)c1)C1CC1. The molecular formula is C15H17Cl2NO3. The smallest absolute Gasteiger partial charge is 0.310 e. The predicted molar refractivity (Wildman–Crippen MR) is 81.5 cm³/mol. The molecule has 0 aromatic heterocycles. The molecule has 1 amide bonds. The van der Waals surface area contributed by atoms with Crippen molar-refractivity contribution in [2.75, 3.05) is 6.61 Å². The summed E-state index contributed by atoms with van der Waals surface area (Å²) in [4.78, 5) is 23.3. The summed E-state index contributed by atoms with van der Waals surface area (Å²) in [5.41, 5.74) is 0.696. The maximum absolute atomic E-state index is 11.7. The van der Waals surface area contributed by atoms with Crippen molar-refractivity contribution >= 4 is 35.1 Å². The first-order valence-electron chi connectivity index (χ1n) is 6.84. The molecule has 1 N–H and O–H groups in total. The van der Waals surface area contributed by atoms with E-state index in [2.05, 4.69) is 5.32 Å². The summed E-state index contributed by atoms with van der Waals surface area (Å²) in [7, 11) is 0. The molecule has 0 saturated heterocycles. The first-order valence-corrected chi connectivity index (χ1v) is 7.60. The number of rotatable bonds is 6. The minimum Gasteiger partial charge on any atom is -0.455 e. The van der Waals surface area contributed by atoms with Crippen LogP contribution in [0.4, 0.5) is 0 Å². The number of benzene rings is 1. The third kappa shape index (κ3) is 5.21. The molecule has 0 unspecified atom stereocenters. The van der Waals surface area contributed by atoms with E-state index in [0.717, 1.165) is 12.8 Å². The highest BCUT2D eigenvalue weighted by Gasteiger charge is 2.28. The lowest BCUT2D eigenvalue weighted by Gasteiger charge is -2.12. The average molecular weight is 330 g/mol. The van der Waals surface area contributed by atoms with Crippen LogP contribution in [0.3, 0.4) is 0 Å². The number of nitrogens with one attached hydrogen (secondary N) is 1. The molecule has 4 nitrogen and oxygen atoms in total. The van der Waals surface area contributed by atoms with Crippen LogP contribution in [0.2, 0.25) is 10.0 Å². The molecule has 114 valence electrons. The van der Waals surface area contributed by atoms with Crippen molar-refractivity contribution in [1.82, 2.24) is 5.32 Å². The summed E-state index contributed by atoms with van der Waals surface area (Å²) >= 11 is 11.7. The van der Waals surface area contributed by atoms with E-state index >= 15 is 0 Å². The van der Waals surface area contributed by atoms with Crippen LogP contribution >= 0.6 is 23.2 Å². The third-order valence-electron chi connectivity index (χ3n) is 3.41. The van der Waals surface area contributed by atoms with E-state index in [1.807, 2.05) is 6.92 Å². The lowest BCUT2D eigenvalue weighted by Crippen LogP contribution is -2.37. The number of amides is 1. The highest BCUT2D eigenvalue weighted by Crippen LogP contribution is 2.32. The van der Waals surface area contributed by atoms with Gasteiger partial charge >= 0.3 is 5.97 Å². The molecule has 1 aromatic rings. The van der Waals surface area contributed by atoms with Gasteiger partial charge in [0, 0.05) is 6.04 Å². The minimum absolute atomic E-state index is 0.0579. The van der Waals surface area contributed by atoms with Crippen LogP contribution in [-0.2, 0) is 20.7 Å². The second-order valence-corrected chi connectivity index (χ2v) is 6.09. The molecule has 1 aromatic carbocycles. The van der Waals surface area contributed by atoms with Gasteiger partial charge in [0.15, 0.2) is 6.61 Å². The quantitative estimate of drug-likeness (QED) is 0.816. The first kappa shape index (κ1) is 16.1. The maximum atomic E-state index is 11.7. The Kier molecular flexibility index (Phi) is 5.48. The lowest BCUT2D eigenvalue weighted by atomic mass is 10.1. The van der Waals surface area contributed by atoms with Crippen molar-refractivity contribution in [3.8, 4) is 0 Å². The highest BCUT2D eigenvalue weighted by molar-refractivity contribution is 6.42. The molecule has 1 saturated carbocycles. The maximum Gasteiger partial charge on any atom is 0.310 e. The van der Waals surface area contributed by atoms with Crippen LogP contribution in [0.1, 0.15) is 25.3 Å². The Hall–Kier alpha value is -1.26. The summed E-state index contributed by atoms with van der Waals surface area (Å²) in [5.74, 6) is -0.166. The molecule has 1 aliphatic carbocycles. The van der Waals surface area contributed by atoms with Gasteiger partial charge in [0.1, 0.15) is 0 Å². The zero-order chi connectivity index (χ0) is 15.4. The van der Waals surface area contributed by atoms with Crippen molar-refractivity contribution in [2.45, 2.75) is 32.2 Å². The van der Waals surface area contributed by atoms with E-state index in [9.17, 15) is 9.59 Å². The van der Waals surface area contributed by atoms with Gasteiger partial charge in [0.2, 0.25) is 0 Å². The Morgan fingerprint density at radius 3 is 2.67 bits per heavy atom. The molecule has 1 atom stereocenters. The van der Waals surface area contributed by atoms with Crippen molar-refractivity contribution in [3.05, 3.63) is 33.8 Å². The summed E-state index contributed by atoms with van der Waals surface area (Å²) < 4.78 is 4.95. The third-order valence-corrected chi connectivity index (χ3v) is 4.15. The minimum atomic E-state index is -0.470. The largest absolute Gasteiger partial charge is 0.455 e. The monoisotopic (exact) mass is 329 g/mol. The van der Waals surface area contributed by atoms with E-state index in [4.69, 9.17) is 27.9 Å². The molecule has 0 heterocycles. The highest BCUT2D eigenvalue weighted by atomic mass is 35.5. The van der Waals surface area contributed by atoms with Crippen LogP contribution in [0.25, 0.3) is 0 Å². The van der Waals surface area contributed by atoms with Gasteiger partial charge in [-0.25, -0.2) is 0 Å². The molecule has 2 rings (SSSR count). The Bertz CT molecular complexity index is 544. The zero-order valence-corrected chi connectivity index (χ0v) is 13.2. The molecule has 0 radical (unpaired) electrons. The van der Waals surface area contributed by atoms with E-state index < -0.39 is 5.97 Å². The van der Waals surface area contributed by atoms with Crippen LogP contribution in [0, 0.1) is 5.92 Å². The van der Waals surface area contributed by atoms with Crippen molar-refractivity contribution in [1.29, 1.82) is 0 Å². The van der Waals surface area contributed by atoms with Crippen LogP contribution in [0.5, 0.6) is 0 Å². The van der Waals surface area contributed by atoms with Gasteiger partial charge in [-0.3, -0.25) is 9.59 Å². The number of halogens is 2. The Balaban J connectivity index is 1.73. The number of carbonyl (C=O) groups excluding carboxylic acids is 2. The molecule has 1 aliphatic rings. The first-order chi connectivity index (χ1) is 9.95. The fraction of sp³-hybridized carbons (Fsp3) is 0.467. The second-order valence-electron chi connectivity index (χ2n) is 5.28. The standard InChI is InChI=1S/C15H17Cl2NO3/c1-9(11-3-4-11)18-14(19)8-21-15(20)7-10-2-5-12(16)13(17)6-10/h2,5-6,9,11H,3-4,7-8H2,1H3,(H,18,19)/t9-/m0/s1. The Labute approximate surface area is 133 Å². The molecular weight excluding hydrogens is 313 g/mol. The molecule has 0 aliphatic heterocycles. The normalized spacial score (nSPS) is 15.4. The van der Waals surface area contributed by atoms with Crippen molar-refractivity contribution in [3.63, 3.8) is 0 Å². The molecule has 0 spiro atoms. The van der Waals surface area contributed by atoms with Gasteiger partial charge in [-0.2, -0.15) is 0 Å². The van der Waals surface area contributed by atoms with E-state index in [1.165, 1.54) is 0 Å².